The first-order valence-corrected chi connectivity index (χ1v) is 12.0. The van der Waals surface area contributed by atoms with Crippen molar-refractivity contribution in [2.75, 3.05) is 37.9 Å². The molecule has 0 bridgehead atoms. The summed E-state index contributed by atoms with van der Waals surface area (Å²) in [4.78, 5) is 12.7. The molecule has 3 fully saturated rings. The van der Waals surface area contributed by atoms with Crippen LogP contribution in [0.1, 0.15) is 19.3 Å². The van der Waals surface area contributed by atoms with Gasteiger partial charge in [-0.15, -0.1) is 6.58 Å². The van der Waals surface area contributed by atoms with Crippen molar-refractivity contribution in [3.63, 3.8) is 0 Å². The molecule has 0 amide bonds. The van der Waals surface area contributed by atoms with Crippen LogP contribution in [0, 0.1) is 11.6 Å². The van der Waals surface area contributed by atoms with Crippen molar-refractivity contribution in [2.24, 2.45) is 0 Å². The Morgan fingerprint density at radius 3 is 2.84 bits per heavy atom. The number of fused-ring (bicyclic) bond motifs is 2. The minimum Gasteiger partial charge on any atom is -0.461 e. The summed E-state index contributed by atoms with van der Waals surface area (Å²) in [6.45, 7) is 5.79. The normalized spacial score (nSPS) is 28.0. The molecular weight excluding hydrogens is 557 g/mol. The van der Waals surface area contributed by atoms with E-state index in [0.29, 0.717) is 19.6 Å². The summed E-state index contributed by atoms with van der Waals surface area (Å²) in [6, 6.07) is -0.274. The molecule has 5 rings (SSSR count). The Balaban J connectivity index is 1.59. The maximum Gasteiger partial charge on any atom is 0.319 e. The first-order chi connectivity index (χ1) is 15.3. The number of aromatic nitrogens is 2. The molecule has 0 saturated carbocycles. The second-order valence-electron chi connectivity index (χ2n) is 8.45. The van der Waals surface area contributed by atoms with Gasteiger partial charge < -0.3 is 14.4 Å². The van der Waals surface area contributed by atoms with Gasteiger partial charge in [-0.25, -0.2) is 13.2 Å². The van der Waals surface area contributed by atoms with Crippen LogP contribution in [0.25, 0.3) is 10.9 Å². The summed E-state index contributed by atoms with van der Waals surface area (Å²) in [5.41, 5.74) is -0.490. The Hall–Kier alpha value is -1.43. The van der Waals surface area contributed by atoms with Crippen LogP contribution in [0.3, 0.4) is 0 Å². The van der Waals surface area contributed by atoms with Gasteiger partial charge in [0.2, 0.25) is 0 Å². The molecule has 3 aliphatic heterocycles. The van der Waals surface area contributed by atoms with Crippen molar-refractivity contribution in [2.45, 2.75) is 37.0 Å². The van der Waals surface area contributed by atoms with Crippen molar-refractivity contribution >= 4 is 48.6 Å². The second-order valence-corrected chi connectivity index (χ2v) is 10.0. The summed E-state index contributed by atoms with van der Waals surface area (Å²) in [5, 5.41) is 0.179. The molecule has 32 heavy (non-hydrogen) atoms. The van der Waals surface area contributed by atoms with Crippen LogP contribution in [0.2, 0.25) is 0 Å². The average Bonchev–Trinajstić information content (AvgIpc) is 3.48. The van der Waals surface area contributed by atoms with Gasteiger partial charge in [-0.2, -0.15) is 9.97 Å². The Bertz CT molecular complexity index is 1090. The van der Waals surface area contributed by atoms with E-state index in [0.717, 1.165) is 19.4 Å². The number of nitrogens with zero attached hydrogens (tertiary/aromatic N) is 4. The van der Waals surface area contributed by atoms with Gasteiger partial charge in [0.1, 0.15) is 30.8 Å². The van der Waals surface area contributed by atoms with E-state index < -0.39 is 23.3 Å². The number of anilines is 1. The zero-order valence-corrected chi connectivity index (χ0v) is 20.3. The topological polar surface area (TPSA) is 50.7 Å². The van der Waals surface area contributed by atoms with Crippen molar-refractivity contribution < 1.29 is 22.6 Å². The smallest absolute Gasteiger partial charge is 0.319 e. The molecule has 11 heteroatoms. The van der Waals surface area contributed by atoms with Crippen molar-refractivity contribution in [1.29, 1.82) is 0 Å². The quantitative estimate of drug-likeness (QED) is 0.291. The van der Waals surface area contributed by atoms with Gasteiger partial charge in [-0.3, -0.25) is 4.90 Å². The fraction of sp³-hybridized carbons (Fsp3) is 0.524. The molecule has 6 nitrogen and oxygen atoms in total. The molecule has 0 N–H and O–H groups in total. The predicted molar refractivity (Wildman–Crippen MR) is 121 cm³/mol. The third kappa shape index (κ3) is 3.52. The predicted octanol–water partition coefficient (Wildman–Crippen LogP) is 4.74. The number of hydrogen-bond acceptors (Lipinski definition) is 6. The lowest BCUT2D eigenvalue weighted by Gasteiger charge is -2.31. The first kappa shape index (κ1) is 22.4. The fourth-order valence-electron chi connectivity index (χ4n) is 4.99. The maximum absolute atomic E-state index is 15.1. The molecule has 172 valence electrons. The molecule has 3 aliphatic rings. The Morgan fingerprint density at radius 1 is 1.25 bits per heavy atom. The number of alkyl halides is 1. The van der Waals surface area contributed by atoms with Crippen LogP contribution in [0.4, 0.5) is 19.0 Å². The molecule has 0 spiro atoms. The maximum atomic E-state index is 15.1. The van der Waals surface area contributed by atoms with Gasteiger partial charge >= 0.3 is 6.01 Å². The van der Waals surface area contributed by atoms with E-state index in [1.54, 1.807) is 11.0 Å². The third-order valence-corrected chi connectivity index (χ3v) is 8.01. The van der Waals surface area contributed by atoms with Crippen LogP contribution in [-0.4, -0.2) is 65.7 Å². The standard InChI is InChI=1S/C21H21Br2F3N4O2/c1-2-12-8-31-10-30(12)19-13-14(22)16(25)15(23)17(26)18(13)27-20(28-19)32-9-21-4-3-5-29(21)7-11(24)6-21/h2,11-12H,1,3-10H2/t11-,12-,21+/m1/s1. The SMILES string of the molecule is C=C[C@@H]1COCN1c1nc(OC[C@@]23CCCN2C[C@H](F)C3)nc2c(F)c(Br)c(F)c(Br)c12. The molecule has 0 radical (unpaired) electrons. The van der Waals surface area contributed by atoms with E-state index in [-0.39, 0.29) is 51.1 Å². The number of hydrogen-bond donors (Lipinski definition) is 0. The molecule has 0 unspecified atom stereocenters. The minimum atomic E-state index is -0.894. The zero-order valence-electron chi connectivity index (χ0n) is 17.1. The number of benzene rings is 1. The van der Waals surface area contributed by atoms with E-state index in [9.17, 15) is 8.78 Å². The van der Waals surface area contributed by atoms with Crippen LogP contribution in [0.5, 0.6) is 6.01 Å². The van der Waals surface area contributed by atoms with E-state index in [4.69, 9.17) is 9.47 Å². The lowest BCUT2D eigenvalue weighted by Crippen LogP contribution is -2.43. The molecule has 3 saturated heterocycles. The molecular formula is C21H21Br2F3N4O2. The van der Waals surface area contributed by atoms with Crippen LogP contribution >= 0.6 is 31.9 Å². The van der Waals surface area contributed by atoms with Crippen molar-refractivity contribution in [3.8, 4) is 6.01 Å². The summed E-state index contributed by atoms with van der Waals surface area (Å²) >= 11 is 6.19. The molecule has 4 heterocycles. The first-order valence-electron chi connectivity index (χ1n) is 10.4. The van der Waals surface area contributed by atoms with Gasteiger partial charge in [0.15, 0.2) is 11.6 Å². The fourth-order valence-corrected chi connectivity index (χ4v) is 6.20. The van der Waals surface area contributed by atoms with E-state index in [2.05, 4.69) is 53.3 Å². The molecule has 1 aromatic carbocycles. The van der Waals surface area contributed by atoms with E-state index in [1.807, 2.05) is 0 Å². The van der Waals surface area contributed by atoms with Crippen LogP contribution in [-0.2, 0) is 4.74 Å². The number of rotatable bonds is 5. The highest BCUT2D eigenvalue weighted by molar-refractivity contribution is 9.11. The van der Waals surface area contributed by atoms with Gasteiger partial charge in [0.05, 0.1) is 32.5 Å². The monoisotopic (exact) mass is 576 g/mol. The molecule has 1 aromatic heterocycles. The summed E-state index contributed by atoms with van der Waals surface area (Å²) in [5.74, 6) is -1.36. The minimum absolute atomic E-state index is 0.0358. The summed E-state index contributed by atoms with van der Waals surface area (Å²) < 4.78 is 55.1. The Labute approximate surface area is 200 Å². The summed E-state index contributed by atoms with van der Waals surface area (Å²) in [7, 11) is 0. The zero-order chi connectivity index (χ0) is 22.6. The molecule has 2 aromatic rings. The average molecular weight is 578 g/mol. The van der Waals surface area contributed by atoms with E-state index in [1.165, 1.54) is 0 Å². The van der Waals surface area contributed by atoms with Crippen molar-refractivity contribution in [1.82, 2.24) is 14.9 Å². The number of ether oxygens (including phenoxy) is 2. The Morgan fingerprint density at radius 2 is 2.06 bits per heavy atom. The number of halogens is 5. The summed E-state index contributed by atoms with van der Waals surface area (Å²) in [6.07, 6.45) is 2.98. The van der Waals surface area contributed by atoms with Crippen molar-refractivity contribution in [3.05, 3.63) is 33.2 Å². The van der Waals surface area contributed by atoms with Gasteiger partial charge in [0.25, 0.3) is 0 Å². The lowest BCUT2D eigenvalue weighted by atomic mass is 9.95. The van der Waals surface area contributed by atoms with Crippen LogP contribution < -0.4 is 9.64 Å². The second kappa shape index (κ2) is 8.41. The highest BCUT2D eigenvalue weighted by Gasteiger charge is 2.49. The highest BCUT2D eigenvalue weighted by Crippen LogP contribution is 2.42. The molecule has 0 aliphatic carbocycles. The third-order valence-electron chi connectivity index (χ3n) is 6.57. The van der Waals surface area contributed by atoms with Crippen LogP contribution in [0.15, 0.2) is 21.6 Å². The van der Waals surface area contributed by atoms with Gasteiger partial charge in [-0.05, 0) is 51.2 Å². The van der Waals surface area contributed by atoms with Gasteiger partial charge in [0, 0.05) is 13.0 Å². The Kier molecular flexibility index (Phi) is 5.88. The highest BCUT2D eigenvalue weighted by atomic mass is 79.9. The van der Waals surface area contributed by atoms with E-state index >= 15 is 4.39 Å². The largest absolute Gasteiger partial charge is 0.461 e. The lowest BCUT2D eigenvalue weighted by molar-refractivity contribution is 0.107. The van der Waals surface area contributed by atoms with Gasteiger partial charge in [-0.1, -0.05) is 6.08 Å². The molecule has 3 atom stereocenters.